The SMILES string of the molecule is CC(C)C(=O)N1N=C(NC(=O)C(C)(C)C)SC1(CCCS(C)(=O)=O)c1ccccc1. The molecule has 1 aromatic rings. The second-order valence-electron chi connectivity index (χ2n) is 8.90. The summed E-state index contributed by atoms with van der Waals surface area (Å²) in [6.07, 6.45) is 1.94. The van der Waals surface area contributed by atoms with Gasteiger partial charge < -0.3 is 5.32 Å². The molecule has 2 rings (SSSR count). The lowest BCUT2D eigenvalue weighted by molar-refractivity contribution is -0.138. The van der Waals surface area contributed by atoms with E-state index in [-0.39, 0.29) is 23.5 Å². The molecule has 0 radical (unpaired) electrons. The fraction of sp³-hybridized carbons (Fsp3) is 0.571. The molecule has 0 saturated carbocycles. The first-order chi connectivity index (χ1) is 13.8. The minimum absolute atomic E-state index is 0.00946. The summed E-state index contributed by atoms with van der Waals surface area (Å²) in [6.45, 7) is 8.99. The van der Waals surface area contributed by atoms with Crippen LogP contribution in [0.4, 0.5) is 0 Å². The highest BCUT2D eigenvalue weighted by atomic mass is 32.2. The second kappa shape index (κ2) is 9.09. The molecule has 0 fully saturated rings. The van der Waals surface area contributed by atoms with Crippen molar-refractivity contribution in [3.63, 3.8) is 0 Å². The van der Waals surface area contributed by atoms with Crippen molar-refractivity contribution in [3.05, 3.63) is 35.9 Å². The Balaban J connectivity index is 2.48. The molecule has 0 spiro atoms. The van der Waals surface area contributed by atoms with Crippen molar-refractivity contribution < 1.29 is 18.0 Å². The van der Waals surface area contributed by atoms with Crippen molar-refractivity contribution in [2.75, 3.05) is 12.0 Å². The lowest BCUT2D eigenvalue weighted by atomic mass is 9.96. The molecule has 0 saturated heterocycles. The van der Waals surface area contributed by atoms with E-state index in [0.717, 1.165) is 5.56 Å². The van der Waals surface area contributed by atoms with Crippen LogP contribution in [0.3, 0.4) is 0 Å². The quantitative estimate of drug-likeness (QED) is 0.713. The topological polar surface area (TPSA) is 95.9 Å². The molecule has 30 heavy (non-hydrogen) atoms. The number of nitrogens with zero attached hydrogens (tertiary/aromatic N) is 2. The Morgan fingerprint density at radius 1 is 1.20 bits per heavy atom. The molecule has 1 atom stereocenters. The Morgan fingerprint density at radius 2 is 1.80 bits per heavy atom. The minimum atomic E-state index is -3.15. The van der Waals surface area contributed by atoms with Crippen molar-refractivity contribution in [2.45, 2.75) is 52.3 Å². The van der Waals surface area contributed by atoms with E-state index in [4.69, 9.17) is 0 Å². The molecule has 9 heteroatoms. The van der Waals surface area contributed by atoms with Crippen LogP contribution in [-0.4, -0.2) is 42.4 Å². The summed E-state index contributed by atoms with van der Waals surface area (Å²) in [7, 11) is -3.15. The Labute approximate surface area is 183 Å². The number of hydrazone groups is 1. The number of rotatable bonds is 6. The Morgan fingerprint density at radius 3 is 2.30 bits per heavy atom. The van der Waals surface area contributed by atoms with E-state index in [2.05, 4.69) is 10.4 Å². The normalized spacial score (nSPS) is 19.7. The number of nitrogens with one attached hydrogen (secondary N) is 1. The number of thioether (sulfide) groups is 1. The second-order valence-corrected chi connectivity index (χ2v) is 12.4. The maximum atomic E-state index is 13.1. The highest BCUT2D eigenvalue weighted by molar-refractivity contribution is 8.14. The summed E-state index contributed by atoms with van der Waals surface area (Å²) in [4.78, 5) is 24.7. The number of benzene rings is 1. The van der Waals surface area contributed by atoms with Gasteiger partial charge >= 0.3 is 0 Å². The van der Waals surface area contributed by atoms with Crippen LogP contribution in [0.5, 0.6) is 0 Å². The fourth-order valence-electron chi connectivity index (χ4n) is 2.96. The van der Waals surface area contributed by atoms with Gasteiger partial charge in [0.15, 0.2) is 5.17 Å². The van der Waals surface area contributed by atoms with Gasteiger partial charge in [0.05, 0.1) is 5.75 Å². The lowest BCUT2D eigenvalue weighted by Gasteiger charge is -2.36. The summed E-state index contributed by atoms with van der Waals surface area (Å²) in [5.41, 5.74) is 0.214. The largest absolute Gasteiger partial charge is 0.303 e. The molecule has 2 amide bonds. The number of hydrogen-bond acceptors (Lipinski definition) is 6. The van der Waals surface area contributed by atoms with Crippen molar-refractivity contribution in [2.24, 2.45) is 16.4 Å². The first kappa shape index (κ1) is 24.4. The molecule has 7 nitrogen and oxygen atoms in total. The number of carbonyl (C=O) groups is 2. The molecule has 1 heterocycles. The molecular weight excluding hydrogens is 422 g/mol. The molecule has 0 aromatic heterocycles. The first-order valence-corrected chi connectivity index (χ1v) is 12.8. The third-order valence-corrected chi connectivity index (χ3v) is 7.02. The van der Waals surface area contributed by atoms with Gasteiger partial charge in [-0.2, -0.15) is 0 Å². The van der Waals surface area contributed by atoms with Crippen LogP contribution >= 0.6 is 11.8 Å². The summed E-state index contributed by atoms with van der Waals surface area (Å²) in [5, 5.41) is 9.09. The van der Waals surface area contributed by atoms with Gasteiger partial charge in [-0.1, -0.05) is 76.7 Å². The average molecular weight is 454 g/mol. The zero-order chi connectivity index (χ0) is 22.7. The van der Waals surface area contributed by atoms with Gasteiger partial charge in [-0.15, -0.1) is 5.10 Å². The Bertz CT molecular complexity index is 921. The van der Waals surface area contributed by atoms with Gasteiger partial charge in [0.25, 0.3) is 0 Å². The molecule has 1 unspecified atom stereocenters. The number of sulfone groups is 1. The average Bonchev–Trinajstić information content (AvgIpc) is 2.99. The maximum absolute atomic E-state index is 13.1. The van der Waals surface area contributed by atoms with Gasteiger partial charge in [-0.3, -0.25) is 9.59 Å². The Kier molecular flexibility index (Phi) is 7.40. The van der Waals surface area contributed by atoms with E-state index in [1.165, 1.54) is 23.0 Å². The molecule has 166 valence electrons. The van der Waals surface area contributed by atoms with Crippen LogP contribution in [-0.2, 0) is 24.3 Å². The number of amidine groups is 1. The molecular formula is C21H31N3O4S2. The molecule has 1 N–H and O–H groups in total. The van der Waals surface area contributed by atoms with Crippen molar-refractivity contribution in [1.82, 2.24) is 10.3 Å². The van der Waals surface area contributed by atoms with Gasteiger partial charge in [-0.05, 0) is 18.4 Å². The summed E-state index contributed by atoms with van der Waals surface area (Å²) >= 11 is 1.29. The Hall–Kier alpha value is -1.87. The van der Waals surface area contributed by atoms with Gasteiger partial charge in [0, 0.05) is 17.6 Å². The van der Waals surface area contributed by atoms with E-state index in [1.807, 2.05) is 30.3 Å². The molecule has 0 aliphatic carbocycles. The van der Waals surface area contributed by atoms with Crippen LogP contribution in [0, 0.1) is 11.3 Å². The third kappa shape index (κ3) is 5.85. The zero-order valence-corrected chi connectivity index (χ0v) is 20.1. The number of amides is 2. The lowest BCUT2D eigenvalue weighted by Crippen LogP contribution is -2.43. The van der Waals surface area contributed by atoms with Crippen molar-refractivity contribution >= 4 is 38.6 Å². The molecule has 0 bridgehead atoms. The maximum Gasteiger partial charge on any atom is 0.246 e. The minimum Gasteiger partial charge on any atom is -0.303 e. The molecule has 1 aliphatic heterocycles. The monoisotopic (exact) mass is 453 g/mol. The number of hydrogen-bond donors (Lipinski definition) is 1. The van der Waals surface area contributed by atoms with Crippen LogP contribution in [0.15, 0.2) is 35.4 Å². The summed E-state index contributed by atoms with van der Waals surface area (Å²) in [5.74, 6) is -0.698. The fourth-order valence-corrected chi connectivity index (χ4v) is 4.93. The third-order valence-electron chi connectivity index (χ3n) is 4.66. The van der Waals surface area contributed by atoms with Gasteiger partial charge in [0.2, 0.25) is 11.8 Å². The highest BCUT2D eigenvalue weighted by Gasteiger charge is 2.49. The van der Waals surface area contributed by atoms with Crippen LogP contribution in [0.2, 0.25) is 0 Å². The zero-order valence-electron chi connectivity index (χ0n) is 18.4. The smallest absolute Gasteiger partial charge is 0.246 e. The highest BCUT2D eigenvalue weighted by Crippen LogP contribution is 2.49. The summed E-state index contributed by atoms with van der Waals surface area (Å²) < 4.78 is 23.4. The summed E-state index contributed by atoms with van der Waals surface area (Å²) in [6, 6.07) is 9.43. The van der Waals surface area contributed by atoms with Crippen molar-refractivity contribution in [3.8, 4) is 0 Å². The van der Waals surface area contributed by atoms with Crippen LogP contribution in [0.1, 0.15) is 53.0 Å². The molecule has 1 aliphatic rings. The van der Waals surface area contributed by atoms with Crippen LogP contribution in [0.25, 0.3) is 0 Å². The van der Waals surface area contributed by atoms with E-state index in [0.29, 0.717) is 18.0 Å². The molecule has 1 aromatic carbocycles. The standard InChI is InChI=1S/C21H31N3O4S2/c1-15(2)17(25)24-21(13-10-14-30(6,27)28,16-11-8-7-9-12-16)29-19(23-24)22-18(26)20(3,4)5/h7-9,11-12,15H,10,13-14H2,1-6H3,(H,22,23,26). The van der Waals surface area contributed by atoms with Gasteiger partial charge in [-0.25, -0.2) is 13.4 Å². The van der Waals surface area contributed by atoms with E-state index in [1.54, 1.807) is 34.6 Å². The van der Waals surface area contributed by atoms with Crippen molar-refractivity contribution in [1.29, 1.82) is 0 Å². The van der Waals surface area contributed by atoms with E-state index in [9.17, 15) is 18.0 Å². The first-order valence-electron chi connectivity index (χ1n) is 9.93. The van der Waals surface area contributed by atoms with Crippen LogP contribution < -0.4 is 5.32 Å². The van der Waals surface area contributed by atoms with Gasteiger partial charge in [0.1, 0.15) is 14.7 Å². The predicted octanol–water partition coefficient (Wildman–Crippen LogP) is 3.33. The van der Waals surface area contributed by atoms with E-state index >= 15 is 0 Å². The number of carbonyl (C=O) groups excluding carboxylic acids is 2. The predicted molar refractivity (Wildman–Crippen MR) is 121 cm³/mol. The van der Waals surface area contributed by atoms with E-state index < -0.39 is 20.1 Å².